The van der Waals surface area contributed by atoms with Gasteiger partial charge in [-0.25, -0.2) is 0 Å². The summed E-state index contributed by atoms with van der Waals surface area (Å²) in [6.07, 6.45) is 6.08. The monoisotopic (exact) mass is 424 g/mol. The normalized spacial score (nSPS) is 16.8. The van der Waals surface area contributed by atoms with Crippen LogP contribution in [0.15, 0.2) is 20.6 Å². The third-order valence-electron chi connectivity index (χ3n) is 6.85. The van der Waals surface area contributed by atoms with Crippen molar-refractivity contribution in [1.29, 1.82) is 0 Å². The summed E-state index contributed by atoms with van der Waals surface area (Å²) in [5.41, 5.74) is 5.73. The van der Waals surface area contributed by atoms with Crippen molar-refractivity contribution in [3.05, 3.63) is 20.6 Å². The fourth-order valence-electron chi connectivity index (χ4n) is 3.91. The van der Waals surface area contributed by atoms with Gasteiger partial charge in [-0.1, -0.05) is 0 Å². The van der Waals surface area contributed by atoms with Crippen molar-refractivity contribution in [1.82, 2.24) is 4.90 Å². The minimum atomic E-state index is 0. The number of allylic oxidation sites excluding steroid dienone is 3. The Bertz CT molecular complexity index is 486. The summed E-state index contributed by atoms with van der Waals surface area (Å²) in [7, 11) is 4.44. The average Bonchev–Trinajstić information content (AvgIpc) is 2.90. The Morgan fingerprint density at radius 1 is 0.880 bits per heavy atom. The third kappa shape index (κ3) is 5.38. The first-order chi connectivity index (χ1) is 10.6. The molecular weight excluding hydrogens is 385 g/mol. The molecule has 147 valence electrons. The summed E-state index contributed by atoms with van der Waals surface area (Å²) >= 11 is 2.39. The number of hydrogen-bond acceptors (Lipinski definition) is 1. The summed E-state index contributed by atoms with van der Waals surface area (Å²) in [5, 5.41) is 0. The SMILES string of the molecule is CCC(C)(CC)C1=[C]([Ti])CC(C(C)N(C)C)=C1C(C)(CC)CC.Cl.Cl. The molecular formula is C21H40Cl2NTi. The van der Waals surface area contributed by atoms with Gasteiger partial charge in [-0.2, -0.15) is 0 Å². The van der Waals surface area contributed by atoms with Crippen LogP contribution in [0, 0.1) is 10.8 Å². The van der Waals surface area contributed by atoms with E-state index in [1.54, 1.807) is 20.6 Å². The van der Waals surface area contributed by atoms with Gasteiger partial charge in [0.15, 0.2) is 0 Å². The summed E-state index contributed by atoms with van der Waals surface area (Å²) < 4.78 is 1.63. The largest absolute Gasteiger partial charge is 0.147 e. The molecule has 4 heteroatoms. The fourth-order valence-corrected chi connectivity index (χ4v) is 4.87. The molecule has 0 radical (unpaired) electrons. The second kappa shape index (κ2) is 10.9. The summed E-state index contributed by atoms with van der Waals surface area (Å²) in [5.74, 6) is 0. The predicted octanol–water partition coefficient (Wildman–Crippen LogP) is 6.93. The molecule has 0 bridgehead atoms. The summed E-state index contributed by atoms with van der Waals surface area (Å²) in [4.78, 5) is 2.38. The van der Waals surface area contributed by atoms with Crippen LogP contribution < -0.4 is 0 Å². The Morgan fingerprint density at radius 2 is 1.24 bits per heavy atom. The molecule has 0 aliphatic heterocycles. The Hall–Kier alpha value is 0.734. The number of nitrogens with zero attached hydrogens (tertiary/aromatic N) is 1. The zero-order valence-corrected chi connectivity index (χ0v) is 21.1. The number of rotatable bonds is 8. The van der Waals surface area contributed by atoms with Gasteiger partial charge in [-0.05, 0) is 0 Å². The van der Waals surface area contributed by atoms with E-state index in [9.17, 15) is 0 Å². The van der Waals surface area contributed by atoms with Crippen LogP contribution in [0.4, 0.5) is 0 Å². The first-order valence-electron chi connectivity index (χ1n) is 9.47. The molecule has 0 N–H and O–H groups in total. The van der Waals surface area contributed by atoms with E-state index in [0.29, 0.717) is 16.9 Å². The molecule has 1 unspecified atom stereocenters. The van der Waals surface area contributed by atoms with Gasteiger partial charge in [0, 0.05) is 0 Å². The van der Waals surface area contributed by atoms with E-state index in [1.165, 1.54) is 32.1 Å². The predicted molar refractivity (Wildman–Crippen MR) is 114 cm³/mol. The molecule has 0 amide bonds. The van der Waals surface area contributed by atoms with Crippen LogP contribution in [0.3, 0.4) is 0 Å². The Kier molecular flexibility index (Phi) is 12.2. The molecule has 0 aromatic heterocycles. The van der Waals surface area contributed by atoms with E-state index < -0.39 is 0 Å². The maximum absolute atomic E-state index is 2.50. The molecule has 0 heterocycles. The van der Waals surface area contributed by atoms with Crippen LogP contribution >= 0.6 is 24.8 Å². The molecule has 1 nitrogen and oxygen atoms in total. The first-order valence-corrected chi connectivity index (χ1v) is 10.2. The molecule has 0 spiro atoms. The molecule has 1 aliphatic carbocycles. The quantitative estimate of drug-likeness (QED) is 0.381. The third-order valence-corrected chi connectivity index (χ3v) is 7.51. The molecule has 1 aliphatic rings. The first kappa shape index (κ1) is 27.9. The Balaban J connectivity index is 0. The fraction of sp³-hybridized carbons (Fsp3) is 0.810. The second-order valence-corrected chi connectivity index (χ2v) is 9.05. The number of halogens is 2. The van der Waals surface area contributed by atoms with Gasteiger partial charge in [-0.15, -0.1) is 24.8 Å². The van der Waals surface area contributed by atoms with Gasteiger partial charge < -0.3 is 0 Å². The van der Waals surface area contributed by atoms with Gasteiger partial charge >= 0.3 is 157 Å². The summed E-state index contributed by atoms with van der Waals surface area (Å²) in [6.45, 7) is 16.8. The standard InChI is InChI=1S/C21H38N.2ClH.Ti/c1-10-20(6,11-2)18-15-14-17(16(5)22(8)9)19(18)21(7,12-3)13-4;;;/h16H,10-14H2,1-9H3;2*1H;. The van der Waals surface area contributed by atoms with Crippen molar-refractivity contribution >= 4 is 24.8 Å². The van der Waals surface area contributed by atoms with Crippen molar-refractivity contribution in [3.63, 3.8) is 0 Å². The average molecular weight is 425 g/mol. The van der Waals surface area contributed by atoms with Crippen LogP contribution in [-0.2, 0) is 20.4 Å². The van der Waals surface area contributed by atoms with Gasteiger partial charge in [0.05, 0.1) is 0 Å². The van der Waals surface area contributed by atoms with Gasteiger partial charge in [0.2, 0.25) is 0 Å². The molecule has 0 saturated heterocycles. The minimum absolute atomic E-state index is 0. The second-order valence-electron chi connectivity index (χ2n) is 8.11. The molecule has 0 aromatic carbocycles. The van der Waals surface area contributed by atoms with E-state index in [-0.39, 0.29) is 24.8 Å². The van der Waals surface area contributed by atoms with Crippen molar-refractivity contribution in [2.24, 2.45) is 10.8 Å². The molecule has 1 rings (SSSR count). The van der Waals surface area contributed by atoms with Gasteiger partial charge in [0.25, 0.3) is 0 Å². The minimum Gasteiger partial charge on any atom is -0.147 e. The van der Waals surface area contributed by atoms with Crippen molar-refractivity contribution < 1.29 is 20.4 Å². The number of likely N-dealkylation sites (N-methyl/N-ethyl adjacent to an activating group) is 1. The van der Waals surface area contributed by atoms with Gasteiger partial charge in [-0.3, -0.25) is 0 Å². The van der Waals surface area contributed by atoms with Crippen LogP contribution in [0.25, 0.3) is 0 Å². The smallest absolute Gasteiger partial charge is 0.147 e. The Morgan fingerprint density at radius 3 is 1.56 bits per heavy atom. The molecule has 25 heavy (non-hydrogen) atoms. The van der Waals surface area contributed by atoms with E-state index in [4.69, 9.17) is 0 Å². The molecule has 0 saturated carbocycles. The molecule has 0 fully saturated rings. The molecule has 0 aromatic rings. The van der Waals surface area contributed by atoms with Crippen LogP contribution in [0.5, 0.6) is 0 Å². The molecule has 1 atom stereocenters. The van der Waals surface area contributed by atoms with Crippen LogP contribution in [-0.4, -0.2) is 25.0 Å². The van der Waals surface area contributed by atoms with Crippen LogP contribution in [0.2, 0.25) is 0 Å². The van der Waals surface area contributed by atoms with E-state index in [0.717, 1.165) is 0 Å². The topological polar surface area (TPSA) is 3.24 Å². The van der Waals surface area contributed by atoms with Crippen molar-refractivity contribution in [2.75, 3.05) is 14.1 Å². The maximum atomic E-state index is 2.50. The number of hydrogen-bond donors (Lipinski definition) is 0. The zero-order chi connectivity index (χ0) is 18.0. The Labute approximate surface area is 181 Å². The van der Waals surface area contributed by atoms with Crippen molar-refractivity contribution in [3.8, 4) is 0 Å². The zero-order valence-electron chi connectivity index (χ0n) is 17.9. The summed E-state index contributed by atoms with van der Waals surface area (Å²) in [6, 6.07) is 0.521. The van der Waals surface area contributed by atoms with Gasteiger partial charge in [0.1, 0.15) is 0 Å². The maximum Gasteiger partial charge on any atom is -0.147 e. The van der Waals surface area contributed by atoms with E-state index in [2.05, 4.69) is 87.9 Å². The van der Waals surface area contributed by atoms with Crippen molar-refractivity contribution in [2.45, 2.75) is 86.6 Å². The van der Waals surface area contributed by atoms with Crippen LogP contribution in [0.1, 0.15) is 80.6 Å². The van der Waals surface area contributed by atoms with E-state index >= 15 is 0 Å². The van der Waals surface area contributed by atoms with E-state index in [1.807, 2.05) is 0 Å².